The minimum atomic E-state index is -3.90. The molecule has 0 aliphatic rings. The van der Waals surface area contributed by atoms with Crippen molar-refractivity contribution in [1.82, 2.24) is 9.97 Å². The van der Waals surface area contributed by atoms with Crippen LogP contribution in [0, 0.1) is 11.3 Å². The van der Waals surface area contributed by atoms with Gasteiger partial charge in [-0.2, -0.15) is 5.26 Å². The van der Waals surface area contributed by atoms with Crippen molar-refractivity contribution in [2.45, 2.75) is 11.8 Å². The molecular weight excluding hydrogens is 292 g/mol. The van der Waals surface area contributed by atoms with Crippen molar-refractivity contribution in [3.63, 3.8) is 0 Å². The van der Waals surface area contributed by atoms with Gasteiger partial charge in [-0.15, -0.1) is 0 Å². The third kappa shape index (κ3) is 3.46. The van der Waals surface area contributed by atoms with E-state index in [0.29, 0.717) is 12.5 Å². The lowest BCUT2D eigenvalue weighted by Crippen LogP contribution is -2.15. The molecule has 0 atom stereocenters. The maximum Gasteiger partial charge on any atom is 0.264 e. The lowest BCUT2D eigenvalue weighted by atomic mass is 10.4. The number of anilines is 1. The van der Waals surface area contributed by atoms with Crippen LogP contribution in [0.25, 0.3) is 0 Å². The predicted octanol–water partition coefficient (Wildman–Crippen LogP) is 1.55. The number of nitrogens with one attached hydrogen (secondary N) is 1. The zero-order valence-electron chi connectivity index (χ0n) is 11.1. The lowest BCUT2D eigenvalue weighted by Gasteiger charge is -2.09. The van der Waals surface area contributed by atoms with Crippen molar-refractivity contribution in [1.29, 1.82) is 5.26 Å². The first-order valence-corrected chi connectivity index (χ1v) is 7.52. The van der Waals surface area contributed by atoms with Gasteiger partial charge in [0.05, 0.1) is 18.5 Å². The van der Waals surface area contributed by atoms with Crippen LogP contribution in [0.2, 0.25) is 0 Å². The fourth-order valence-electron chi connectivity index (χ4n) is 1.58. The highest BCUT2D eigenvalue weighted by atomic mass is 32.2. The normalized spacial score (nSPS) is 10.7. The molecule has 0 saturated carbocycles. The molecule has 2 heterocycles. The molecule has 2 aromatic heterocycles. The number of sulfonamides is 1. The Morgan fingerprint density at radius 1 is 1.33 bits per heavy atom. The van der Waals surface area contributed by atoms with Gasteiger partial charge < -0.3 is 4.74 Å². The highest BCUT2D eigenvalue weighted by molar-refractivity contribution is 7.92. The highest BCUT2D eigenvalue weighted by Crippen LogP contribution is 2.18. The van der Waals surface area contributed by atoms with E-state index < -0.39 is 10.0 Å². The molecule has 0 amide bonds. The number of hydrogen-bond donors (Lipinski definition) is 1. The number of rotatable bonds is 5. The molecule has 0 aromatic carbocycles. The standard InChI is InChI=1S/C13H12N4O3S/c1-2-20-13-6-5-10(9-16-13)17-21(18,19)12-4-3-7-15-11(12)8-14/h3-7,9,17H,2H2,1H3. The molecule has 2 rings (SSSR count). The molecule has 21 heavy (non-hydrogen) atoms. The van der Waals surface area contributed by atoms with Crippen molar-refractivity contribution >= 4 is 15.7 Å². The predicted molar refractivity (Wildman–Crippen MR) is 75.2 cm³/mol. The molecule has 0 radical (unpaired) electrons. The van der Waals surface area contributed by atoms with Gasteiger partial charge in [-0.25, -0.2) is 18.4 Å². The van der Waals surface area contributed by atoms with E-state index in [2.05, 4.69) is 14.7 Å². The van der Waals surface area contributed by atoms with Gasteiger partial charge in [0.2, 0.25) is 5.88 Å². The Hall–Kier alpha value is -2.66. The fraction of sp³-hybridized carbons (Fsp3) is 0.154. The second-order valence-corrected chi connectivity index (χ2v) is 5.54. The van der Waals surface area contributed by atoms with E-state index in [4.69, 9.17) is 10.00 Å². The summed E-state index contributed by atoms with van der Waals surface area (Å²) in [6, 6.07) is 7.59. The fourth-order valence-corrected chi connectivity index (χ4v) is 2.73. The monoisotopic (exact) mass is 304 g/mol. The van der Waals surface area contributed by atoms with E-state index in [-0.39, 0.29) is 16.3 Å². The molecule has 1 N–H and O–H groups in total. The van der Waals surface area contributed by atoms with Crippen LogP contribution >= 0.6 is 0 Å². The van der Waals surface area contributed by atoms with Crippen LogP contribution in [-0.2, 0) is 10.0 Å². The number of hydrogen-bond acceptors (Lipinski definition) is 6. The number of nitriles is 1. The van der Waals surface area contributed by atoms with Crippen LogP contribution < -0.4 is 9.46 Å². The Kier molecular flexibility index (Phi) is 4.35. The summed E-state index contributed by atoms with van der Waals surface area (Å²) >= 11 is 0. The zero-order chi connectivity index (χ0) is 15.3. The SMILES string of the molecule is CCOc1ccc(NS(=O)(=O)c2cccnc2C#N)cn1. The maximum atomic E-state index is 12.2. The number of aromatic nitrogens is 2. The summed E-state index contributed by atoms with van der Waals surface area (Å²) in [6.45, 7) is 2.30. The van der Waals surface area contributed by atoms with Crippen molar-refractivity contribution < 1.29 is 13.2 Å². The molecule has 0 aliphatic carbocycles. The van der Waals surface area contributed by atoms with Crippen molar-refractivity contribution in [3.05, 3.63) is 42.4 Å². The topological polar surface area (TPSA) is 105 Å². The van der Waals surface area contributed by atoms with Gasteiger partial charge in [-0.3, -0.25) is 4.72 Å². The molecule has 0 unspecified atom stereocenters. The first-order valence-electron chi connectivity index (χ1n) is 6.03. The largest absolute Gasteiger partial charge is 0.478 e. The van der Waals surface area contributed by atoms with Crippen LogP contribution in [0.15, 0.2) is 41.6 Å². The summed E-state index contributed by atoms with van der Waals surface area (Å²) in [5, 5.41) is 8.91. The van der Waals surface area contributed by atoms with E-state index in [0.717, 1.165) is 0 Å². The lowest BCUT2D eigenvalue weighted by molar-refractivity contribution is 0.327. The molecule has 0 bridgehead atoms. The Morgan fingerprint density at radius 2 is 2.14 bits per heavy atom. The first kappa shape index (κ1) is 14.7. The van der Waals surface area contributed by atoms with E-state index in [1.54, 1.807) is 12.1 Å². The van der Waals surface area contributed by atoms with Crippen molar-refractivity contribution in [3.8, 4) is 11.9 Å². The maximum absolute atomic E-state index is 12.2. The third-order valence-electron chi connectivity index (χ3n) is 2.45. The van der Waals surface area contributed by atoms with E-state index in [9.17, 15) is 8.42 Å². The van der Waals surface area contributed by atoms with Crippen LogP contribution in [0.3, 0.4) is 0 Å². The van der Waals surface area contributed by atoms with Crippen molar-refractivity contribution in [2.24, 2.45) is 0 Å². The Labute approximate surface area is 122 Å². The summed E-state index contributed by atoms with van der Waals surface area (Å²) in [6.07, 6.45) is 2.70. The number of pyridine rings is 2. The summed E-state index contributed by atoms with van der Waals surface area (Å²) < 4.78 is 32.0. The van der Waals surface area contributed by atoms with Crippen molar-refractivity contribution in [2.75, 3.05) is 11.3 Å². The second kappa shape index (κ2) is 6.19. The quantitative estimate of drug-likeness (QED) is 0.898. The molecule has 108 valence electrons. The summed E-state index contributed by atoms with van der Waals surface area (Å²) in [5.41, 5.74) is 0.107. The average molecular weight is 304 g/mol. The Bertz CT molecular complexity index is 767. The molecule has 0 aliphatic heterocycles. The van der Waals surface area contributed by atoms with Crippen LogP contribution in [-0.4, -0.2) is 25.0 Å². The molecule has 2 aromatic rings. The molecule has 8 heteroatoms. The van der Waals surface area contributed by atoms with Crippen LogP contribution in [0.4, 0.5) is 5.69 Å². The summed E-state index contributed by atoms with van der Waals surface area (Å²) in [5.74, 6) is 0.402. The zero-order valence-corrected chi connectivity index (χ0v) is 12.0. The van der Waals surface area contributed by atoms with Gasteiger partial charge in [0.15, 0.2) is 5.69 Å². The van der Waals surface area contributed by atoms with E-state index in [1.807, 2.05) is 6.92 Å². The molecule has 0 saturated heterocycles. The summed E-state index contributed by atoms with van der Waals surface area (Å²) in [4.78, 5) is 7.51. The minimum absolute atomic E-state index is 0.163. The Balaban J connectivity index is 2.27. The van der Waals surface area contributed by atoms with E-state index in [1.165, 1.54) is 30.6 Å². The smallest absolute Gasteiger partial charge is 0.264 e. The van der Waals surface area contributed by atoms with Crippen LogP contribution in [0.1, 0.15) is 12.6 Å². The second-order valence-electron chi connectivity index (χ2n) is 3.89. The summed E-state index contributed by atoms with van der Waals surface area (Å²) in [7, 11) is -3.90. The van der Waals surface area contributed by atoms with Gasteiger partial charge in [-0.1, -0.05) is 0 Å². The van der Waals surface area contributed by atoms with Crippen LogP contribution in [0.5, 0.6) is 5.88 Å². The molecular formula is C13H12N4O3S. The van der Waals surface area contributed by atoms with Gasteiger partial charge >= 0.3 is 0 Å². The first-order chi connectivity index (χ1) is 10.1. The Morgan fingerprint density at radius 3 is 2.76 bits per heavy atom. The molecule has 0 fully saturated rings. The number of nitrogens with zero attached hydrogens (tertiary/aromatic N) is 3. The van der Waals surface area contributed by atoms with Gasteiger partial charge in [0, 0.05) is 12.3 Å². The molecule has 0 spiro atoms. The average Bonchev–Trinajstić information content (AvgIpc) is 2.49. The third-order valence-corrected chi connectivity index (χ3v) is 3.86. The molecule has 7 nitrogen and oxygen atoms in total. The van der Waals surface area contributed by atoms with E-state index >= 15 is 0 Å². The van der Waals surface area contributed by atoms with Gasteiger partial charge in [-0.05, 0) is 25.1 Å². The van der Waals surface area contributed by atoms with Gasteiger partial charge in [0.1, 0.15) is 11.0 Å². The minimum Gasteiger partial charge on any atom is -0.478 e. The van der Waals surface area contributed by atoms with Gasteiger partial charge in [0.25, 0.3) is 10.0 Å². The highest BCUT2D eigenvalue weighted by Gasteiger charge is 2.19. The number of ether oxygens (including phenoxy) is 1.